The first-order valence-electron chi connectivity index (χ1n) is 18.5. The van der Waals surface area contributed by atoms with Crippen molar-refractivity contribution in [1.29, 1.82) is 0 Å². The van der Waals surface area contributed by atoms with Crippen molar-refractivity contribution in [1.82, 2.24) is 10.2 Å². The van der Waals surface area contributed by atoms with Crippen LogP contribution in [0.5, 0.6) is 0 Å². The predicted molar refractivity (Wildman–Crippen MR) is 189 cm³/mol. The van der Waals surface area contributed by atoms with Crippen LogP contribution in [0.3, 0.4) is 0 Å². The first-order valence-corrected chi connectivity index (χ1v) is 19.7. The van der Waals surface area contributed by atoms with Gasteiger partial charge in [-0.3, -0.25) is 0 Å². The molecule has 45 heavy (non-hydrogen) atoms. The van der Waals surface area contributed by atoms with Gasteiger partial charge >= 0.3 is 5.97 Å². The summed E-state index contributed by atoms with van der Waals surface area (Å²) in [6.45, 7) is 19.4. The number of thioether (sulfide) groups is 1. The SMILES string of the molecule is CC1(C)C(c2ccc(C(=O)O)cc2)=CCC2(C)C1CCC1(C)C2CCC2C3CCCC3(CNCCN3CCSCC3)CC[C@]21C. The van der Waals surface area contributed by atoms with E-state index in [9.17, 15) is 9.90 Å². The topological polar surface area (TPSA) is 52.6 Å². The lowest BCUT2D eigenvalue weighted by Crippen LogP contribution is -2.65. The molecule has 7 rings (SSSR count). The Morgan fingerprint density at radius 3 is 2.38 bits per heavy atom. The van der Waals surface area contributed by atoms with Crippen LogP contribution >= 0.6 is 11.8 Å². The van der Waals surface area contributed by atoms with Gasteiger partial charge in [0.15, 0.2) is 0 Å². The van der Waals surface area contributed by atoms with Crippen molar-refractivity contribution in [3.05, 3.63) is 41.5 Å². The molecule has 7 unspecified atom stereocenters. The van der Waals surface area contributed by atoms with E-state index in [0.717, 1.165) is 30.7 Å². The minimum atomic E-state index is -0.845. The zero-order valence-corrected chi connectivity index (χ0v) is 29.7. The first kappa shape index (κ1) is 32.3. The number of aromatic carboxylic acids is 1. The normalized spacial score (nSPS) is 42.6. The number of nitrogens with zero attached hydrogens (tertiary/aromatic N) is 1. The average molecular weight is 633 g/mol. The fraction of sp³-hybridized carbons (Fsp3) is 0.775. The number of fused-ring (bicyclic) bond motifs is 7. The third kappa shape index (κ3) is 5.02. The summed E-state index contributed by atoms with van der Waals surface area (Å²) in [7, 11) is 0. The fourth-order valence-corrected chi connectivity index (χ4v) is 14.3. The van der Waals surface area contributed by atoms with Crippen LogP contribution in [0.2, 0.25) is 0 Å². The molecule has 1 aromatic rings. The van der Waals surface area contributed by atoms with Crippen LogP contribution < -0.4 is 5.32 Å². The molecule has 1 aliphatic heterocycles. The van der Waals surface area contributed by atoms with Crippen LogP contribution in [0, 0.1) is 50.7 Å². The van der Waals surface area contributed by atoms with Gasteiger partial charge < -0.3 is 15.3 Å². The van der Waals surface area contributed by atoms with Gasteiger partial charge in [0.05, 0.1) is 5.56 Å². The Kier molecular flexibility index (Phi) is 8.38. The second-order valence-corrected chi connectivity index (χ2v) is 18.8. The van der Waals surface area contributed by atoms with E-state index in [-0.39, 0.29) is 5.41 Å². The molecule has 5 aliphatic carbocycles. The summed E-state index contributed by atoms with van der Waals surface area (Å²) in [6.07, 6.45) is 16.5. The predicted octanol–water partition coefficient (Wildman–Crippen LogP) is 8.87. The highest BCUT2D eigenvalue weighted by atomic mass is 32.2. The van der Waals surface area contributed by atoms with Crippen LogP contribution in [-0.2, 0) is 0 Å². The standard InChI is InChI=1S/C40H60N2O2S/c1-36(2)30(28-8-10-29(11-9-28)35(43)44)14-17-37(3)33(36)15-18-39(5)34(37)13-12-31-32-7-6-16-40(32,20-19-38(31,39)4)27-41-21-22-42-23-25-45-26-24-42/h8-11,14,31-34,41H,6-7,12-13,15-27H2,1-5H3,(H,43,44)/t31?,32?,33?,34?,37?,38-,39?,40?/m1/s1. The van der Waals surface area contributed by atoms with Crippen molar-refractivity contribution in [3.8, 4) is 0 Å². The van der Waals surface area contributed by atoms with Gasteiger partial charge in [-0.1, -0.05) is 59.2 Å². The quantitative estimate of drug-likeness (QED) is 0.294. The number of hydrogen-bond acceptors (Lipinski definition) is 4. The van der Waals surface area contributed by atoms with Gasteiger partial charge in [0.1, 0.15) is 0 Å². The molecule has 1 heterocycles. The zero-order valence-electron chi connectivity index (χ0n) is 28.9. The Morgan fingerprint density at radius 2 is 1.64 bits per heavy atom. The highest BCUT2D eigenvalue weighted by Gasteiger charge is 2.69. The summed E-state index contributed by atoms with van der Waals surface area (Å²) in [6, 6.07) is 7.68. The maximum absolute atomic E-state index is 11.5. The molecule has 248 valence electrons. The Bertz CT molecular complexity index is 1300. The molecule has 5 fully saturated rings. The third-order valence-electron chi connectivity index (χ3n) is 15.7. The van der Waals surface area contributed by atoms with E-state index < -0.39 is 5.97 Å². The Hall–Kier alpha value is -1.30. The molecule has 0 amide bonds. The zero-order chi connectivity index (χ0) is 31.7. The third-order valence-corrected chi connectivity index (χ3v) is 16.7. The van der Waals surface area contributed by atoms with E-state index >= 15 is 0 Å². The highest BCUT2D eigenvalue weighted by molar-refractivity contribution is 7.99. The summed E-state index contributed by atoms with van der Waals surface area (Å²) < 4.78 is 0. The fourth-order valence-electron chi connectivity index (χ4n) is 13.3. The summed E-state index contributed by atoms with van der Waals surface area (Å²) in [5.41, 5.74) is 4.79. The van der Waals surface area contributed by atoms with Crippen molar-refractivity contribution in [2.45, 2.75) is 98.8 Å². The van der Waals surface area contributed by atoms with E-state index in [1.54, 1.807) is 12.1 Å². The molecule has 8 atom stereocenters. The molecule has 0 aromatic heterocycles. The van der Waals surface area contributed by atoms with Crippen molar-refractivity contribution < 1.29 is 9.90 Å². The molecule has 1 saturated heterocycles. The van der Waals surface area contributed by atoms with Gasteiger partial charge in [-0.2, -0.15) is 11.8 Å². The average Bonchev–Trinajstić information content (AvgIpc) is 3.44. The number of carboxylic acids is 1. The van der Waals surface area contributed by atoms with Gasteiger partial charge in [0.2, 0.25) is 0 Å². The molecule has 6 aliphatic rings. The minimum absolute atomic E-state index is 0.0721. The summed E-state index contributed by atoms with van der Waals surface area (Å²) in [5.74, 6) is 4.98. The number of rotatable bonds is 7. The van der Waals surface area contributed by atoms with Crippen LogP contribution in [0.15, 0.2) is 30.3 Å². The van der Waals surface area contributed by atoms with E-state index in [4.69, 9.17) is 0 Å². The Labute approximate surface area is 278 Å². The van der Waals surface area contributed by atoms with E-state index in [0.29, 0.717) is 33.1 Å². The maximum Gasteiger partial charge on any atom is 0.335 e. The van der Waals surface area contributed by atoms with Gasteiger partial charge in [0.25, 0.3) is 0 Å². The lowest BCUT2D eigenvalue weighted by atomic mass is 9.32. The Morgan fingerprint density at radius 1 is 0.889 bits per heavy atom. The molecule has 4 nitrogen and oxygen atoms in total. The number of nitrogens with one attached hydrogen (secondary N) is 1. The van der Waals surface area contributed by atoms with Crippen LogP contribution in [0.25, 0.3) is 5.57 Å². The number of carboxylic acid groups (broad SMARTS) is 1. The highest BCUT2D eigenvalue weighted by Crippen LogP contribution is 2.77. The lowest BCUT2D eigenvalue weighted by Gasteiger charge is -2.72. The van der Waals surface area contributed by atoms with Crippen LogP contribution in [-0.4, -0.2) is 60.2 Å². The van der Waals surface area contributed by atoms with Gasteiger partial charge in [-0.15, -0.1) is 0 Å². The minimum Gasteiger partial charge on any atom is -0.478 e. The van der Waals surface area contributed by atoms with Crippen molar-refractivity contribution in [2.24, 2.45) is 50.7 Å². The molecule has 4 saturated carbocycles. The molecule has 0 radical (unpaired) electrons. The largest absolute Gasteiger partial charge is 0.478 e. The van der Waals surface area contributed by atoms with Gasteiger partial charge in [-0.25, -0.2) is 4.79 Å². The molecular formula is C40H60N2O2S. The van der Waals surface area contributed by atoms with Crippen molar-refractivity contribution in [3.63, 3.8) is 0 Å². The second kappa shape index (κ2) is 11.7. The molecule has 0 bridgehead atoms. The number of benzene rings is 1. The number of carbonyl (C=O) groups is 1. The molecule has 5 heteroatoms. The summed E-state index contributed by atoms with van der Waals surface area (Å²) in [5, 5.41) is 13.5. The summed E-state index contributed by atoms with van der Waals surface area (Å²) >= 11 is 2.11. The molecule has 2 N–H and O–H groups in total. The maximum atomic E-state index is 11.5. The number of hydrogen-bond donors (Lipinski definition) is 2. The Balaban J connectivity index is 1.10. The first-order chi connectivity index (χ1) is 21.4. The van der Waals surface area contributed by atoms with Gasteiger partial charge in [-0.05, 0) is 132 Å². The van der Waals surface area contributed by atoms with Crippen molar-refractivity contribution in [2.75, 3.05) is 44.2 Å². The van der Waals surface area contributed by atoms with E-state index in [1.807, 2.05) is 0 Å². The monoisotopic (exact) mass is 632 g/mol. The second-order valence-electron chi connectivity index (χ2n) is 17.6. The lowest BCUT2D eigenvalue weighted by molar-refractivity contribution is -0.222. The smallest absolute Gasteiger partial charge is 0.335 e. The van der Waals surface area contributed by atoms with Crippen molar-refractivity contribution >= 4 is 23.3 Å². The van der Waals surface area contributed by atoms with Crippen LogP contribution in [0.4, 0.5) is 0 Å². The molecule has 0 spiro atoms. The van der Waals surface area contributed by atoms with Gasteiger partial charge in [0, 0.05) is 44.2 Å². The van der Waals surface area contributed by atoms with Crippen LogP contribution in [0.1, 0.15) is 115 Å². The summed E-state index contributed by atoms with van der Waals surface area (Å²) in [4.78, 5) is 14.2. The molecule has 1 aromatic carbocycles. The molecular weight excluding hydrogens is 573 g/mol. The van der Waals surface area contributed by atoms with E-state index in [1.165, 1.54) is 107 Å². The van der Waals surface area contributed by atoms with E-state index in [2.05, 4.69) is 74.8 Å². The number of allylic oxidation sites excluding steroid dienone is 2.